The Morgan fingerprint density at radius 1 is 1.12 bits per heavy atom. The molecule has 0 bridgehead atoms. The van der Waals surface area contributed by atoms with Crippen molar-refractivity contribution in [1.82, 2.24) is 4.90 Å². The van der Waals surface area contributed by atoms with Crippen molar-refractivity contribution in [3.63, 3.8) is 0 Å². The first-order chi connectivity index (χ1) is 15.4. The lowest BCUT2D eigenvalue weighted by molar-refractivity contribution is -0.385. The molecular weight excluding hydrogens is 416 g/mol. The fourth-order valence-electron chi connectivity index (χ4n) is 3.73. The molecule has 1 aliphatic rings. The Morgan fingerprint density at radius 2 is 1.84 bits per heavy atom. The molecule has 1 amide bonds. The van der Waals surface area contributed by atoms with Crippen molar-refractivity contribution in [2.75, 3.05) is 7.11 Å². The number of methoxy groups -OCH3 is 1. The maximum absolute atomic E-state index is 13.0. The van der Waals surface area contributed by atoms with E-state index in [1.165, 1.54) is 48.6 Å². The molecule has 4 rings (SSSR count). The molecule has 0 aliphatic carbocycles. The lowest BCUT2D eigenvalue weighted by atomic mass is 9.94. The summed E-state index contributed by atoms with van der Waals surface area (Å²) < 4.78 is 10.4. The average Bonchev–Trinajstić information content (AvgIpc) is 3.41. The summed E-state index contributed by atoms with van der Waals surface area (Å²) in [5.41, 5.74) is -0.130. The number of Topliss-reactive ketones (excluding diaryl/α,β-unsaturated/α-hetero) is 1. The number of likely N-dealkylation sites (tertiary alicyclic amines) is 1. The molecule has 1 aromatic heterocycles. The summed E-state index contributed by atoms with van der Waals surface area (Å²) in [5.74, 6) is -1.33. The molecule has 0 unspecified atom stereocenters. The highest BCUT2D eigenvalue weighted by atomic mass is 16.6. The van der Waals surface area contributed by atoms with E-state index in [4.69, 9.17) is 9.15 Å². The molecule has 1 fully saturated rings. The molecule has 2 heterocycles. The number of hydrogen-bond acceptors (Lipinski definition) is 7. The summed E-state index contributed by atoms with van der Waals surface area (Å²) in [5, 5.41) is 22.7. The number of amides is 1. The van der Waals surface area contributed by atoms with E-state index in [-0.39, 0.29) is 28.9 Å². The summed E-state index contributed by atoms with van der Waals surface area (Å²) in [6.07, 6.45) is 1.42. The predicted molar refractivity (Wildman–Crippen MR) is 113 cm³/mol. The number of benzene rings is 2. The zero-order valence-electron chi connectivity index (χ0n) is 16.9. The van der Waals surface area contributed by atoms with E-state index < -0.39 is 28.4 Å². The van der Waals surface area contributed by atoms with Crippen LogP contribution in [0.5, 0.6) is 5.75 Å². The van der Waals surface area contributed by atoms with Gasteiger partial charge in [-0.15, -0.1) is 0 Å². The van der Waals surface area contributed by atoms with Gasteiger partial charge in [-0.25, -0.2) is 0 Å². The van der Waals surface area contributed by atoms with Gasteiger partial charge in [0.2, 0.25) is 0 Å². The van der Waals surface area contributed by atoms with Gasteiger partial charge in [-0.05, 0) is 42.5 Å². The van der Waals surface area contributed by atoms with Gasteiger partial charge in [-0.1, -0.05) is 12.1 Å². The van der Waals surface area contributed by atoms with Crippen molar-refractivity contribution >= 4 is 23.1 Å². The van der Waals surface area contributed by atoms with Crippen LogP contribution >= 0.6 is 0 Å². The number of nitrogens with zero attached hydrogens (tertiary/aromatic N) is 2. The van der Waals surface area contributed by atoms with Gasteiger partial charge in [-0.2, -0.15) is 0 Å². The van der Waals surface area contributed by atoms with Gasteiger partial charge in [-0.3, -0.25) is 19.7 Å². The van der Waals surface area contributed by atoms with Crippen LogP contribution in [-0.2, 0) is 16.1 Å². The second-order valence-electron chi connectivity index (χ2n) is 7.05. The third-order valence-electron chi connectivity index (χ3n) is 5.24. The molecular formula is C23H18N2O7. The van der Waals surface area contributed by atoms with Crippen molar-refractivity contribution in [2.45, 2.75) is 12.6 Å². The minimum atomic E-state index is -1.18. The number of hydrogen-bond donors (Lipinski definition) is 1. The Balaban J connectivity index is 1.91. The van der Waals surface area contributed by atoms with E-state index in [1.54, 1.807) is 30.3 Å². The fraction of sp³-hybridized carbons (Fsp3) is 0.130. The number of nitro benzene ring substituents is 1. The van der Waals surface area contributed by atoms with E-state index in [0.29, 0.717) is 11.5 Å². The number of nitro groups is 1. The Labute approximate surface area is 182 Å². The van der Waals surface area contributed by atoms with Crippen molar-refractivity contribution in [3.8, 4) is 5.75 Å². The van der Waals surface area contributed by atoms with Crippen molar-refractivity contribution in [2.24, 2.45) is 0 Å². The van der Waals surface area contributed by atoms with Gasteiger partial charge in [0, 0.05) is 11.6 Å². The molecule has 32 heavy (non-hydrogen) atoms. The van der Waals surface area contributed by atoms with Gasteiger partial charge >= 0.3 is 0 Å². The van der Waals surface area contributed by atoms with Crippen LogP contribution in [0, 0.1) is 10.1 Å². The number of para-hydroxylation sites is 1. The van der Waals surface area contributed by atoms with Crippen LogP contribution in [0.1, 0.15) is 22.9 Å². The molecule has 0 radical (unpaired) electrons. The van der Waals surface area contributed by atoms with Crippen LogP contribution in [0.25, 0.3) is 5.76 Å². The van der Waals surface area contributed by atoms with E-state index in [0.717, 1.165) is 0 Å². The molecule has 0 saturated carbocycles. The number of aliphatic hydroxyl groups is 1. The standard InChI is InChI=1S/C23H18N2O7/c1-31-15-10-8-14(9-11-15)21(26)19-20(17-6-2-3-7-18(17)25(29)30)24(23(28)22(19)27)13-16-5-4-12-32-16/h2-12,20,26H,13H2,1H3/t20-/m0/s1. The molecule has 1 N–H and O–H groups in total. The number of ketones is 1. The normalized spacial score (nSPS) is 17.5. The molecule has 1 atom stereocenters. The van der Waals surface area contributed by atoms with Crippen LogP contribution in [0.3, 0.4) is 0 Å². The molecule has 162 valence electrons. The monoisotopic (exact) mass is 434 g/mol. The highest BCUT2D eigenvalue weighted by molar-refractivity contribution is 6.46. The van der Waals surface area contributed by atoms with Gasteiger partial charge in [0.25, 0.3) is 17.4 Å². The summed E-state index contributed by atoms with van der Waals surface area (Å²) in [4.78, 5) is 38.2. The SMILES string of the molecule is COc1ccc(C(O)=C2C(=O)C(=O)N(Cc3ccco3)[C@H]2c2ccccc2[N+](=O)[O-])cc1. The maximum atomic E-state index is 13.0. The summed E-state index contributed by atoms with van der Waals surface area (Å²) in [7, 11) is 1.49. The predicted octanol–water partition coefficient (Wildman–Crippen LogP) is 3.82. The highest BCUT2D eigenvalue weighted by Crippen LogP contribution is 2.43. The summed E-state index contributed by atoms with van der Waals surface area (Å²) >= 11 is 0. The van der Waals surface area contributed by atoms with Gasteiger partial charge in [0.1, 0.15) is 17.3 Å². The largest absolute Gasteiger partial charge is 0.507 e. The number of ether oxygens (including phenoxy) is 1. The van der Waals surface area contributed by atoms with E-state index in [2.05, 4.69) is 0 Å². The molecule has 1 saturated heterocycles. The summed E-state index contributed by atoms with van der Waals surface area (Å²) in [6.45, 7) is -0.103. The average molecular weight is 434 g/mol. The number of carbonyl (C=O) groups is 2. The maximum Gasteiger partial charge on any atom is 0.296 e. The first-order valence-corrected chi connectivity index (χ1v) is 9.61. The number of aliphatic hydroxyl groups excluding tert-OH is 1. The Morgan fingerprint density at radius 3 is 2.47 bits per heavy atom. The molecule has 9 heteroatoms. The smallest absolute Gasteiger partial charge is 0.296 e. The number of furan rings is 1. The molecule has 1 aliphatic heterocycles. The van der Waals surface area contributed by atoms with Crippen molar-refractivity contribution in [1.29, 1.82) is 0 Å². The summed E-state index contributed by atoms with van der Waals surface area (Å²) in [6, 6.07) is 14.1. The lowest BCUT2D eigenvalue weighted by Gasteiger charge is -2.24. The first-order valence-electron chi connectivity index (χ1n) is 9.61. The van der Waals surface area contributed by atoms with Gasteiger partial charge in [0.15, 0.2) is 0 Å². The Bertz CT molecular complexity index is 1210. The molecule has 2 aromatic carbocycles. The van der Waals surface area contributed by atoms with Crippen molar-refractivity contribution < 1.29 is 28.8 Å². The lowest BCUT2D eigenvalue weighted by Crippen LogP contribution is -2.29. The van der Waals surface area contributed by atoms with E-state index in [1.807, 2.05) is 0 Å². The highest BCUT2D eigenvalue weighted by Gasteiger charge is 2.48. The zero-order chi connectivity index (χ0) is 22.8. The van der Waals surface area contributed by atoms with Gasteiger partial charge < -0.3 is 19.2 Å². The first kappa shape index (κ1) is 20.9. The van der Waals surface area contributed by atoms with E-state index >= 15 is 0 Å². The quantitative estimate of drug-likeness (QED) is 0.206. The minimum absolute atomic E-state index is 0.103. The van der Waals surface area contributed by atoms with Crippen LogP contribution < -0.4 is 4.74 Å². The van der Waals surface area contributed by atoms with Crippen molar-refractivity contribution in [3.05, 3.63) is 99.5 Å². The topological polar surface area (TPSA) is 123 Å². The van der Waals surface area contributed by atoms with E-state index in [9.17, 15) is 24.8 Å². The molecule has 9 nitrogen and oxygen atoms in total. The minimum Gasteiger partial charge on any atom is -0.507 e. The second-order valence-corrected chi connectivity index (χ2v) is 7.05. The third-order valence-corrected chi connectivity index (χ3v) is 5.24. The Hall–Kier alpha value is -4.40. The van der Waals surface area contributed by atoms with Crippen LogP contribution in [-0.4, -0.2) is 33.7 Å². The number of carbonyl (C=O) groups excluding carboxylic acids is 2. The van der Waals surface area contributed by atoms with Crippen LogP contribution in [0.2, 0.25) is 0 Å². The zero-order valence-corrected chi connectivity index (χ0v) is 16.9. The molecule has 3 aromatic rings. The van der Waals surface area contributed by atoms with Gasteiger partial charge in [0.05, 0.1) is 42.0 Å². The Kier molecular flexibility index (Phi) is 5.46. The number of rotatable bonds is 6. The van der Waals surface area contributed by atoms with Crippen LogP contribution in [0.15, 0.2) is 76.9 Å². The molecule has 0 spiro atoms. The third kappa shape index (κ3) is 3.60. The van der Waals surface area contributed by atoms with Crippen LogP contribution in [0.4, 0.5) is 5.69 Å². The fourth-order valence-corrected chi connectivity index (χ4v) is 3.73. The second kappa shape index (κ2) is 8.38.